The second kappa shape index (κ2) is 13.0. The molecule has 0 saturated carbocycles. The summed E-state index contributed by atoms with van der Waals surface area (Å²) in [6.07, 6.45) is 0.396. The second-order valence-corrected chi connectivity index (χ2v) is 11.3. The van der Waals surface area contributed by atoms with Crippen molar-refractivity contribution in [2.24, 2.45) is 0 Å². The first-order valence-corrected chi connectivity index (χ1v) is 14.1. The number of aryl methyl sites for hydroxylation is 1. The predicted octanol–water partition coefficient (Wildman–Crippen LogP) is 5.50. The fraction of sp³-hybridized carbons (Fsp3) is 0.375. The van der Waals surface area contributed by atoms with Crippen molar-refractivity contribution in [3.63, 3.8) is 0 Å². The molecule has 4 aromatic rings. The van der Waals surface area contributed by atoms with Crippen LogP contribution in [-0.4, -0.2) is 49.8 Å². The van der Waals surface area contributed by atoms with Crippen LogP contribution >= 0.6 is 0 Å². The van der Waals surface area contributed by atoms with Crippen molar-refractivity contribution >= 4 is 17.5 Å². The smallest absolute Gasteiger partial charge is 0.407 e. The van der Waals surface area contributed by atoms with E-state index < -0.39 is 23.6 Å². The summed E-state index contributed by atoms with van der Waals surface area (Å²) in [5.74, 6) is -0.743. The zero-order valence-corrected chi connectivity index (χ0v) is 24.8. The highest BCUT2D eigenvalue weighted by Gasteiger charge is 2.28. The van der Waals surface area contributed by atoms with Crippen molar-refractivity contribution in [2.75, 3.05) is 13.1 Å². The largest absolute Gasteiger partial charge is 0.444 e. The number of amides is 2. The van der Waals surface area contributed by atoms with E-state index >= 15 is 0 Å². The highest BCUT2D eigenvalue weighted by atomic mass is 19.1. The molecule has 222 valence electrons. The van der Waals surface area contributed by atoms with Gasteiger partial charge in [-0.05, 0) is 82.5 Å². The lowest BCUT2D eigenvalue weighted by molar-refractivity contribution is 0.0523. The van der Waals surface area contributed by atoms with E-state index in [1.54, 1.807) is 30.2 Å². The Kier molecular flexibility index (Phi) is 9.45. The van der Waals surface area contributed by atoms with Crippen LogP contribution in [0, 0.1) is 12.7 Å². The zero-order chi connectivity index (χ0) is 30.4. The number of benzene rings is 2. The highest BCUT2D eigenvalue weighted by molar-refractivity contribution is 5.94. The lowest BCUT2D eigenvalue weighted by atomic mass is 10.0. The maximum absolute atomic E-state index is 14.0. The van der Waals surface area contributed by atoms with Gasteiger partial charge in [0.05, 0.1) is 23.8 Å². The Morgan fingerprint density at radius 2 is 1.76 bits per heavy atom. The van der Waals surface area contributed by atoms with Gasteiger partial charge in [0.15, 0.2) is 0 Å². The second-order valence-electron chi connectivity index (χ2n) is 11.3. The van der Waals surface area contributed by atoms with Gasteiger partial charge in [-0.15, -0.1) is 0 Å². The number of aromatic nitrogens is 3. The fourth-order valence-corrected chi connectivity index (χ4v) is 4.93. The summed E-state index contributed by atoms with van der Waals surface area (Å²) in [5, 5.41) is 7.14. The van der Waals surface area contributed by atoms with E-state index in [2.05, 4.69) is 10.4 Å². The molecule has 0 aliphatic heterocycles. The summed E-state index contributed by atoms with van der Waals surface area (Å²) in [6.45, 7) is 9.98. The van der Waals surface area contributed by atoms with Crippen molar-refractivity contribution in [2.45, 2.75) is 65.6 Å². The van der Waals surface area contributed by atoms with Gasteiger partial charge >= 0.3 is 11.8 Å². The van der Waals surface area contributed by atoms with Crippen LogP contribution in [0.15, 0.2) is 71.5 Å². The Morgan fingerprint density at radius 3 is 2.40 bits per heavy atom. The Hall–Kier alpha value is -4.47. The maximum atomic E-state index is 14.0. The van der Waals surface area contributed by atoms with Gasteiger partial charge in [-0.3, -0.25) is 9.36 Å². The number of fused-ring (bicyclic) bond motifs is 1. The summed E-state index contributed by atoms with van der Waals surface area (Å²) in [4.78, 5) is 41.6. The standard InChI is InChI=1S/C32H38FN5O4/c1-6-27(28-20-26-19-22(2)35-38(26)31(41)37(28)21-23-11-8-7-9-12-23)36(29(39)24-13-15-25(33)16-14-24)18-10-17-34-30(40)42-32(3,4)5/h7-9,11-16,19-20,27H,6,10,17-18,21H2,1-5H3,(H,34,40)/t27-/m1/s1. The summed E-state index contributed by atoms with van der Waals surface area (Å²) >= 11 is 0. The molecular formula is C32H38FN5O4. The number of carbonyl (C=O) groups excluding carboxylic acids is 2. The van der Waals surface area contributed by atoms with Gasteiger partial charge in [0, 0.05) is 24.3 Å². The van der Waals surface area contributed by atoms with Crippen LogP contribution in [-0.2, 0) is 11.3 Å². The van der Waals surface area contributed by atoms with Gasteiger partial charge in [0.25, 0.3) is 5.91 Å². The number of hydrogen-bond acceptors (Lipinski definition) is 5. The molecule has 10 heteroatoms. The van der Waals surface area contributed by atoms with Crippen molar-refractivity contribution in [3.05, 3.63) is 106 Å². The van der Waals surface area contributed by atoms with E-state index in [9.17, 15) is 18.8 Å². The zero-order valence-electron chi connectivity index (χ0n) is 24.8. The first-order valence-electron chi connectivity index (χ1n) is 14.1. The van der Waals surface area contributed by atoms with E-state index in [1.165, 1.54) is 28.8 Å². The minimum Gasteiger partial charge on any atom is -0.444 e. The molecule has 4 rings (SSSR count). The lowest BCUT2D eigenvalue weighted by Crippen LogP contribution is -2.41. The molecule has 1 N–H and O–H groups in total. The van der Waals surface area contributed by atoms with Crippen LogP contribution < -0.4 is 11.0 Å². The third kappa shape index (κ3) is 7.43. The Morgan fingerprint density at radius 1 is 1.07 bits per heavy atom. The summed E-state index contributed by atoms with van der Waals surface area (Å²) in [6, 6.07) is 18.3. The first kappa shape index (κ1) is 30.5. The van der Waals surface area contributed by atoms with Crippen molar-refractivity contribution in [3.8, 4) is 0 Å². The van der Waals surface area contributed by atoms with Gasteiger partial charge < -0.3 is 15.0 Å². The molecule has 0 spiro atoms. The number of halogens is 1. The summed E-state index contributed by atoms with van der Waals surface area (Å²) < 4.78 is 22.1. The highest BCUT2D eigenvalue weighted by Crippen LogP contribution is 2.28. The third-order valence-electron chi connectivity index (χ3n) is 6.76. The van der Waals surface area contributed by atoms with E-state index in [0.717, 1.165) is 5.56 Å². The number of nitrogens with one attached hydrogen (secondary N) is 1. The first-order chi connectivity index (χ1) is 20.0. The normalized spacial score (nSPS) is 12.2. The molecule has 0 bridgehead atoms. The number of hydrogen-bond donors (Lipinski definition) is 1. The molecule has 2 amide bonds. The fourth-order valence-electron chi connectivity index (χ4n) is 4.93. The molecular weight excluding hydrogens is 537 g/mol. The minimum atomic E-state index is -0.630. The van der Waals surface area contributed by atoms with Gasteiger partial charge in [0.1, 0.15) is 11.4 Å². The molecule has 0 unspecified atom stereocenters. The van der Waals surface area contributed by atoms with Crippen LogP contribution in [0.5, 0.6) is 0 Å². The molecule has 2 aromatic carbocycles. The topological polar surface area (TPSA) is 97.9 Å². The van der Waals surface area contributed by atoms with Crippen molar-refractivity contribution in [1.82, 2.24) is 24.4 Å². The molecule has 0 saturated heterocycles. The quantitative estimate of drug-likeness (QED) is 0.252. The monoisotopic (exact) mass is 575 g/mol. The molecule has 0 aliphatic carbocycles. The van der Waals surface area contributed by atoms with Crippen LogP contribution in [0.2, 0.25) is 0 Å². The van der Waals surface area contributed by atoms with Gasteiger partial charge in [-0.1, -0.05) is 37.3 Å². The Bertz CT molecular complexity index is 1590. The number of rotatable bonds is 10. The SMILES string of the molecule is CC[C@H](c1cc2cc(C)nn2c(=O)n1Cc1ccccc1)N(CCCNC(=O)OC(C)(C)C)C(=O)c1ccc(F)cc1. The lowest BCUT2D eigenvalue weighted by Gasteiger charge is -2.33. The number of ether oxygens (including phenoxy) is 1. The molecule has 1 atom stereocenters. The van der Waals surface area contributed by atoms with Crippen LogP contribution in [0.1, 0.15) is 73.9 Å². The minimum absolute atomic E-state index is 0.271. The summed E-state index contributed by atoms with van der Waals surface area (Å²) in [7, 11) is 0. The average molecular weight is 576 g/mol. The van der Waals surface area contributed by atoms with Gasteiger partial charge in [0.2, 0.25) is 0 Å². The average Bonchev–Trinajstić information content (AvgIpc) is 3.32. The molecule has 9 nitrogen and oxygen atoms in total. The number of alkyl carbamates (subject to hydrolysis) is 1. The molecule has 2 heterocycles. The van der Waals surface area contributed by atoms with Crippen molar-refractivity contribution in [1.29, 1.82) is 0 Å². The van der Waals surface area contributed by atoms with Crippen molar-refractivity contribution < 1.29 is 18.7 Å². The number of nitrogens with zero attached hydrogens (tertiary/aromatic N) is 4. The van der Waals surface area contributed by atoms with E-state index in [4.69, 9.17) is 4.74 Å². The molecule has 42 heavy (non-hydrogen) atoms. The van der Waals surface area contributed by atoms with E-state index in [-0.39, 0.29) is 24.7 Å². The Balaban J connectivity index is 1.73. The Labute approximate surface area is 244 Å². The van der Waals surface area contributed by atoms with E-state index in [0.29, 0.717) is 41.9 Å². The molecule has 0 aliphatic rings. The van der Waals surface area contributed by atoms with Crippen LogP contribution in [0.25, 0.3) is 5.52 Å². The number of carbonyl (C=O) groups is 2. The predicted molar refractivity (Wildman–Crippen MR) is 159 cm³/mol. The summed E-state index contributed by atoms with van der Waals surface area (Å²) in [5.41, 5.74) is 2.32. The third-order valence-corrected chi connectivity index (χ3v) is 6.76. The molecule has 2 aromatic heterocycles. The van der Waals surface area contributed by atoms with E-state index in [1.807, 2.05) is 56.3 Å². The molecule has 0 radical (unpaired) electrons. The van der Waals surface area contributed by atoms with Gasteiger partial charge in [-0.2, -0.15) is 9.61 Å². The maximum Gasteiger partial charge on any atom is 0.407 e. The molecule has 0 fully saturated rings. The van der Waals surface area contributed by atoms with Gasteiger partial charge in [-0.25, -0.2) is 14.0 Å². The van der Waals surface area contributed by atoms with Crippen LogP contribution in [0.4, 0.5) is 9.18 Å². The van der Waals surface area contributed by atoms with Crippen LogP contribution in [0.3, 0.4) is 0 Å².